The molecule has 0 radical (unpaired) electrons. The number of nitrogens with zero attached hydrogens (tertiary/aromatic N) is 3. The average molecular weight is 395 g/mol. The van der Waals surface area contributed by atoms with Gasteiger partial charge in [0.15, 0.2) is 0 Å². The number of hydrogen-bond acceptors (Lipinski definition) is 5. The number of hydrogen-bond donors (Lipinski definition) is 0. The zero-order valence-corrected chi connectivity index (χ0v) is 16.5. The van der Waals surface area contributed by atoms with Crippen molar-refractivity contribution in [1.82, 2.24) is 14.8 Å². The van der Waals surface area contributed by atoms with Gasteiger partial charge in [-0.2, -0.15) is 0 Å². The van der Waals surface area contributed by atoms with Crippen LogP contribution in [0.3, 0.4) is 0 Å². The van der Waals surface area contributed by atoms with E-state index in [-0.39, 0.29) is 17.9 Å². The normalized spacial score (nSPS) is 19.3. The van der Waals surface area contributed by atoms with Crippen LogP contribution in [0.25, 0.3) is 11.1 Å². The lowest BCUT2D eigenvalue weighted by atomic mass is 10.0. The van der Waals surface area contributed by atoms with Gasteiger partial charge in [-0.25, -0.2) is 0 Å². The van der Waals surface area contributed by atoms with E-state index in [4.69, 9.17) is 9.47 Å². The van der Waals surface area contributed by atoms with Crippen molar-refractivity contribution >= 4 is 11.8 Å². The predicted octanol–water partition coefficient (Wildman–Crippen LogP) is 2.22. The molecular formula is C22H25N3O4. The van der Waals surface area contributed by atoms with Crippen molar-refractivity contribution in [2.75, 3.05) is 39.9 Å². The first-order valence-electron chi connectivity index (χ1n) is 9.95. The molecule has 3 heterocycles. The van der Waals surface area contributed by atoms with Crippen LogP contribution in [0.4, 0.5) is 0 Å². The number of methoxy groups -OCH3 is 1. The summed E-state index contributed by atoms with van der Waals surface area (Å²) >= 11 is 0. The number of amides is 2. The van der Waals surface area contributed by atoms with Crippen LogP contribution < -0.4 is 4.74 Å². The quantitative estimate of drug-likeness (QED) is 0.794. The Morgan fingerprint density at radius 2 is 1.79 bits per heavy atom. The fourth-order valence-corrected chi connectivity index (χ4v) is 3.86. The summed E-state index contributed by atoms with van der Waals surface area (Å²) in [6.45, 7) is 2.85. The molecule has 2 aromatic rings. The van der Waals surface area contributed by atoms with Crippen LogP contribution in [0, 0.1) is 0 Å². The minimum atomic E-state index is -0.296. The Morgan fingerprint density at radius 1 is 1.07 bits per heavy atom. The van der Waals surface area contributed by atoms with Crippen molar-refractivity contribution in [3.63, 3.8) is 0 Å². The number of ether oxygens (including phenoxy) is 2. The van der Waals surface area contributed by atoms with Crippen LogP contribution in [0.2, 0.25) is 0 Å². The Morgan fingerprint density at radius 3 is 2.45 bits per heavy atom. The van der Waals surface area contributed by atoms with Crippen LogP contribution in [0.1, 0.15) is 23.2 Å². The summed E-state index contributed by atoms with van der Waals surface area (Å²) in [5, 5.41) is 0. The van der Waals surface area contributed by atoms with Crippen LogP contribution in [0.5, 0.6) is 5.75 Å². The summed E-state index contributed by atoms with van der Waals surface area (Å²) in [4.78, 5) is 33.0. The second-order valence-electron chi connectivity index (χ2n) is 7.27. The summed E-state index contributed by atoms with van der Waals surface area (Å²) in [5.74, 6) is 0.742. The monoisotopic (exact) mass is 395 g/mol. The highest BCUT2D eigenvalue weighted by molar-refractivity contribution is 5.95. The molecule has 2 fully saturated rings. The SMILES string of the molecule is COc1cnccc1-c1ccc(C(=O)N2CCN(C(=O)C3CCCO3)CC2)cc1. The molecule has 0 N–H and O–H groups in total. The van der Waals surface area contributed by atoms with E-state index >= 15 is 0 Å². The molecule has 1 aromatic carbocycles. The Labute approximate surface area is 170 Å². The fraction of sp³-hybridized carbons (Fsp3) is 0.409. The summed E-state index contributed by atoms with van der Waals surface area (Å²) in [6, 6.07) is 9.40. The van der Waals surface area contributed by atoms with E-state index in [0.29, 0.717) is 44.1 Å². The minimum Gasteiger partial charge on any atom is -0.494 e. The molecule has 2 amide bonds. The first kappa shape index (κ1) is 19.4. The zero-order valence-electron chi connectivity index (χ0n) is 16.5. The average Bonchev–Trinajstić information content (AvgIpc) is 3.33. The van der Waals surface area contributed by atoms with Gasteiger partial charge in [-0.1, -0.05) is 12.1 Å². The molecule has 2 aliphatic rings. The molecule has 7 nitrogen and oxygen atoms in total. The second kappa shape index (κ2) is 8.61. The topological polar surface area (TPSA) is 72.0 Å². The number of rotatable bonds is 4. The fourth-order valence-electron chi connectivity index (χ4n) is 3.86. The van der Waals surface area contributed by atoms with Gasteiger partial charge in [0, 0.05) is 50.1 Å². The molecular weight excluding hydrogens is 370 g/mol. The van der Waals surface area contributed by atoms with Gasteiger partial charge in [0.05, 0.1) is 13.3 Å². The van der Waals surface area contributed by atoms with Crippen LogP contribution in [-0.2, 0) is 9.53 Å². The molecule has 0 saturated carbocycles. The van der Waals surface area contributed by atoms with Gasteiger partial charge in [0.2, 0.25) is 0 Å². The van der Waals surface area contributed by atoms with E-state index in [9.17, 15) is 9.59 Å². The van der Waals surface area contributed by atoms with Crippen molar-refractivity contribution in [3.05, 3.63) is 48.3 Å². The van der Waals surface area contributed by atoms with Crippen LogP contribution >= 0.6 is 0 Å². The Hall–Kier alpha value is -2.93. The van der Waals surface area contributed by atoms with Crippen LogP contribution in [-0.4, -0.2) is 72.6 Å². The number of carbonyl (C=O) groups excluding carboxylic acids is 2. The molecule has 29 heavy (non-hydrogen) atoms. The number of pyridine rings is 1. The maximum atomic E-state index is 12.9. The summed E-state index contributed by atoms with van der Waals surface area (Å²) in [6.07, 6.45) is 4.83. The van der Waals surface area contributed by atoms with Crippen molar-refractivity contribution in [3.8, 4) is 16.9 Å². The van der Waals surface area contributed by atoms with Gasteiger partial charge in [0.1, 0.15) is 11.9 Å². The largest absolute Gasteiger partial charge is 0.494 e. The number of carbonyl (C=O) groups is 2. The lowest BCUT2D eigenvalue weighted by Crippen LogP contribution is -2.52. The van der Waals surface area contributed by atoms with Gasteiger partial charge in [-0.05, 0) is 36.6 Å². The lowest BCUT2D eigenvalue weighted by molar-refractivity contribution is -0.142. The van der Waals surface area contributed by atoms with Crippen molar-refractivity contribution in [2.45, 2.75) is 18.9 Å². The Bertz CT molecular complexity index is 870. The summed E-state index contributed by atoms with van der Waals surface area (Å²) in [7, 11) is 1.61. The highest BCUT2D eigenvalue weighted by Gasteiger charge is 2.31. The van der Waals surface area contributed by atoms with Crippen molar-refractivity contribution in [2.24, 2.45) is 0 Å². The predicted molar refractivity (Wildman–Crippen MR) is 108 cm³/mol. The molecule has 1 unspecified atom stereocenters. The molecule has 152 valence electrons. The highest BCUT2D eigenvalue weighted by Crippen LogP contribution is 2.29. The Kier molecular flexibility index (Phi) is 5.76. The maximum Gasteiger partial charge on any atom is 0.253 e. The standard InChI is InChI=1S/C22H25N3O4/c1-28-20-15-23-9-8-18(20)16-4-6-17(7-5-16)21(26)24-10-12-25(13-11-24)22(27)19-3-2-14-29-19/h4-9,15,19H,2-3,10-14H2,1H3. The van der Waals surface area contributed by atoms with E-state index in [1.807, 2.05) is 35.2 Å². The molecule has 0 bridgehead atoms. The second-order valence-corrected chi connectivity index (χ2v) is 7.27. The van der Waals surface area contributed by atoms with Gasteiger partial charge in [0.25, 0.3) is 11.8 Å². The third-order valence-corrected chi connectivity index (χ3v) is 5.53. The molecule has 1 atom stereocenters. The summed E-state index contributed by atoms with van der Waals surface area (Å²) in [5.41, 5.74) is 2.54. The molecule has 7 heteroatoms. The van der Waals surface area contributed by atoms with E-state index in [1.54, 1.807) is 24.4 Å². The van der Waals surface area contributed by atoms with Gasteiger partial charge >= 0.3 is 0 Å². The zero-order chi connectivity index (χ0) is 20.2. The van der Waals surface area contributed by atoms with Crippen molar-refractivity contribution in [1.29, 1.82) is 0 Å². The molecule has 0 spiro atoms. The van der Waals surface area contributed by atoms with Crippen LogP contribution in [0.15, 0.2) is 42.7 Å². The molecule has 0 aliphatic carbocycles. The lowest BCUT2D eigenvalue weighted by Gasteiger charge is -2.35. The molecule has 4 rings (SSSR count). The van der Waals surface area contributed by atoms with E-state index in [0.717, 1.165) is 24.0 Å². The highest BCUT2D eigenvalue weighted by atomic mass is 16.5. The van der Waals surface area contributed by atoms with Crippen molar-refractivity contribution < 1.29 is 19.1 Å². The number of aromatic nitrogens is 1. The number of piperazine rings is 1. The van der Waals surface area contributed by atoms with E-state index < -0.39 is 0 Å². The third kappa shape index (κ3) is 4.10. The number of benzene rings is 1. The Balaban J connectivity index is 1.38. The smallest absolute Gasteiger partial charge is 0.253 e. The molecule has 2 aliphatic heterocycles. The van der Waals surface area contributed by atoms with E-state index in [2.05, 4.69) is 4.98 Å². The van der Waals surface area contributed by atoms with Gasteiger partial charge in [-0.15, -0.1) is 0 Å². The summed E-state index contributed by atoms with van der Waals surface area (Å²) < 4.78 is 10.9. The first-order valence-corrected chi connectivity index (χ1v) is 9.95. The van der Waals surface area contributed by atoms with E-state index in [1.165, 1.54) is 0 Å². The third-order valence-electron chi connectivity index (χ3n) is 5.53. The molecule has 1 aromatic heterocycles. The molecule has 2 saturated heterocycles. The first-order chi connectivity index (χ1) is 14.2. The van der Waals surface area contributed by atoms with Gasteiger partial charge < -0.3 is 19.3 Å². The van der Waals surface area contributed by atoms with Gasteiger partial charge in [-0.3, -0.25) is 14.6 Å². The maximum absolute atomic E-state index is 12.9. The minimum absolute atomic E-state index is 0.0116.